The first kappa shape index (κ1) is 19.3. The number of thiocarbonyl (C=S) groups is 1. The van der Waals surface area contributed by atoms with Gasteiger partial charge in [-0.25, -0.2) is 13.8 Å². The van der Waals surface area contributed by atoms with Crippen molar-refractivity contribution in [1.29, 1.82) is 0 Å². The van der Waals surface area contributed by atoms with E-state index in [1.54, 1.807) is 40.5 Å². The lowest BCUT2D eigenvalue weighted by Gasteiger charge is -2.20. The summed E-state index contributed by atoms with van der Waals surface area (Å²) in [5.74, 6) is -0.759. The summed E-state index contributed by atoms with van der Waals surface area (Å²) in [6, 6.07) is 16.7. The Hall–Kier alpha value is -2.67. The number of thiophene rings is 1. The van der Waals surface area contributed by atoms with Crippen LogP contribution in [0.4, 0.5) is 14.5 Å². The lowest BCUT2D eigenvalue weighted by Crippen LogP contribution is -2.23. The molecule has 7 heteroatoms. The van der Waals surface area contributed by atoms with Gasteiger partial charge in [0.25, 0.3) is 0 Å². The number of anilines is 1. The maximum Gasteiger partial charge on any atom is 0.148 e. The Morgan fingerprint density at radius 1 is 1.03 bits per heavy atom. The molecule has 0 aliphatic carbocycles. The zero-order chi connectivity index (χ0) is 20.8. The van der Waals surface area contributed by atoms with Gasteiger partial charge in [0.15, 0.2) is 0 Å². The average molecular weight is 455 g/mol. The van der Waals surface area contributed by atoms with Crippen molar-refractivity contribution >= 4 is 45.8 Å². The van der Waals surface area contributed by atoms with Gasteiger partial charge in [0.05, 0.1) is 33.5 Å². The fraction of sp³-hybridized carbons (Fsp3) is 0.0435. The Balaban J connectivity index is 1.71. The van der Waals surface area contributed by atoms with Crippen molar-refractivity contribution in [2.75, 3.05) is 4.90 Å². The molecule has 0 saturated carbocycles. The summed E-state index contributed by atoms with van der Waals surface area (Å²) in [4.78, 5) is 7.96. The van der Waals surface area contributed by atoms with E-state index in [9.17, 15) is 8.78 Å². The van der Waals surface area contributed by atoms with Gasteiger partial charge in [-0.3, -0.25) is 0 Å². The fourth-order valence-electron chi connectivity index (χ4n) is 3.64. The predicted molar refractivity (Wildman–Crippen MR) is 122 cm³/mol. The topological polar surface area (TPSA) is 16.1 Å². The number of nitrogens with zero attached hydrogens (tertiary/aromatic N) is 2. The molecule has 3 heterocycles. The number of halogens is 3. The van der Waals surface area contributed by atoms with Crippen molar-refractivity contribution in [3.05, 3.63) is 94.0 Å². The van der Waals surface area contributed by atoms with E-state index >= 15 is 0 Å². The lowest BCUT2D eigenvalue weighted by molar-refractivity contribution is 0.626. The molecule has 5 rings (SSSR count). The number of benzene rings is 2. The van der Waals surface area contributed by atoms with E-state index in [0.29, 0.717) is 11.5 Å². The summed E-state index contributed by atoms with van der Waals surface area (Å²) in [5.41, 5.74) is 4.18. The monoisotopic (exact) mass is 454 g/mol. The number of pyridine rings is 1. The quantitative estimate of drug-likeness (QED) is 0.307. The van der Waals surface area contributed by atoms with Crippen molar-refractivity contribution in [3.8, 4) is 21.7 Å². The molecule has 0 amide bonds. The molecule has 1 aliphatic rings. The molecule has 30 heavy (non-hydrogen) atoms. The number of hydrogen-bond acceptors (Lipinski definition) is 3. The Morgan fingerprint density at radius 3 is 2.53 bits per heavy atom. The van der Waals surface area contributed by atoms with Gasteiger partial charge in [-0.15, -0.1) is 11.3 Å². The summed E-state index contributed by atoms with van der Waals surface area (Å²) in [6.45, 7) is 0.308. The number of fused-ring (bicyclic) bond motifs is 1. The molecule has 0 radical (unpaired) electrons. The van der Waals surface area contributed by atoms with Crippen molar-refractivity contribution in [3.63, 3.8) is 0 Å². The van der Waals surface area contributed by atoms with E-state index in [0.717, 1.165) is 33.0 Å². The first-order chi connectivity index (χ1) is 14.5. The minimum absolute atomic E-state index is 0.241. The van der Waals surface area contributed by atoms with E-state index in [-0.39, 0.29) is 16.5 Å². The van der Waals surface area contributed by atoms with Crippen LogP contribution in [0.25, 0.3) is 21.7 Å². The highest BCUT2D eigenvalue weighted by Crippen LogP contribution is 2.40. The molecule has 0 N–H and O–H groups in total. The van der Waals surface area contributed by atoms with Crippen LogP contribution in [0.3, 0.4) is 0 Å². The Kier molecular flexibility index (Phi) is 4.85. The molecule has 0 unspecified atom stereocenters. The molecule has 148 valence electrons. The molecule has 2 aromatic carbocycles. The third kappa shape index (κ3) is 3.21. The van der Waals surface area contributed by atoms with Crippen LogP contribution in [-0.4, -0.2) is 9.97 Å². The smallest absolute Gasteiger partial charge is 0.148 e. The van der Waals surface area contributed by atoms with Crippen LogP contribution in [-0.2, 0) is 6.54 Å². The molecule has 2 aromatic heterocycles. The van der Waals surface area contributed by atoms with Gasteiger partial charge in [0, 0.05) is 5.56 Å². The summed E-state index contributed by atoms with van der Waals surface area (Å²) < 4.78 is 28.2. The van der Waals surface area contributed by atoms with E-state index in [1.165, 1.54) is 18.2 Å². The second kappa shape index (κ2) is 7.54. The van der Waals surface area contributed by atoms with E-state index in [1.807, 2.05) is 23.6 Å². The minimum atomic E-state index is -0.445. The third-order valence-corrected chi connectivity index (χ3v) is 6.62. The van der Waals surface area contributed by atoms with Gasteiger partial charge in [-0.1, -0.05) is 48.1 Å². The summed E-state index contributed by atoms with van der Waals surface area (Å²) in [5, 5.41) is 2.27. The summed E-state index contributed by atoms with van der Waals surface area (Å²) >= 11 is 13.6. The normalized spacial score (nSPS) is 13.0. The SMILES string of the molecule is Fc1ccc(-c2cc(-c3cccs3)nc3c2C(=S)N(c2c(F)cccc2Cl)C3)cc1. The molecular weight excluding hydrogens is 442 g/mol. The number of para-hydroxylation sites is 1. The fourth-order valence-corrected chi connectivity index (χ4v) is 4.98. The zero-order valence-corrected chi connectivity index (χ0v) is 17.8. The number of rotatable bonds is 3. The van der Waals surface area contributed by atoms with Gasteiger partial charge in [-0.2, -0.15) is 0 Å². The van der Waals surface area contributed by atoms with Crippen LogP contribution in [0.5, 0.6) is 0 Å². The molecule has 2 nitrogen and oxygen atoms in total. The van der Waals surface area contributed by atoms with Gasteiger partial charge in [-0.05, 0) is 52.9 Å². The molecular formula is C23H13ClF2N2S2. The first-order valence-electron chi connectivity index (χ1n) is 9.12. The van der Waals surface area contributed by atoms with Crippen LogP contribution in [0, 0.1) is 11.6 Å². The van der Waals surface area contributed by atoms with Crippen molar-refractivity contribution in [2.24, 2.45) is 0 Å². The second-order valence-corrected chi connectivity index (χ2v) is 8.56. The second-order valence-electron chi connectivity index (χ2n) is 6.82. The highest BCUT2D eigenvalue weighted by atomic mass is 35.5. The minimum Gasteiger partial charge on any atom is -0.322 e. The lowest BCUT2D eigenvalue weighted by atomic mass is 9.98. The Morgan fingerprint density at radius 2 is 1.83 bits per heavy atom. The Labute approximate surface area is 186 Å². The summed E-state index contributed by atoms with van der Waals surface area (Å²) in [6.07, 6.45) is 0. The molecule has 0 fully saturated rings. The maximum absolute atomic E-state index is 14.6. The van der Waals surface area contributed by atoms with E-state index < -0.39 is 5.82 Å². The maximum atomic E-state index is 14.6. The van der Waals surface area contributed by atoms with E-state index in [2.05, 4.69) is 0 Å². The van der Waals surface area contributed by atoms with Gasteiger partial charge >= 0.3 is 0 Å². The van der Waals surface area contributed by atoms with Crippen molar-refractivity contribution < 1.29 is 8.78 Å². The molecule has 4 aromatic rings. The Bertz CT molecular complexity index is 1250. The molecule has 0 spiro atoms. The summed E-state index contributed by atoms with van der Waals surface area (Å²) in [7, 11) is 0. The van der Waals surface area contributed by atoms with Crippen LogP contribution in [0.1, 0.15) is 11.3 Å². The molecule has 0 atom stereocenters. The van der Waals surface area contributed by atoms with Crippen LogP contribution < -0.4 is 4.90 Å². The number of aromatic nitrogens is 1. The highest BCUT2D eigenvalue weighted by Gasteiger charge is 2.33. The largest absolute Gasteiger partial charge is 0.322 e. The van der Waals surface area contributed by atoms with Crippen molar-refractivity contribution in [2.45, 2.75) is 6.54 Å². The standard InChI is InChI=1S/C23H13ClF2N2S2/c24-16-3-1-4-17(26)22(16)28-12-19-21(23(28)29)15(13-6-8-14(25)9-7-13)11-18(27-19)20-5-2-10-30-20/h1-11H,12H2. The molecule has 0 bridgehead atoms. The third-order valence-electron chi connectivity index (χ3n) is 5.00. The van der Waals surface area contributed by atoms with Gasteiger partial charge in [0.1, 0.15) is 16.6 Å². The van der Waals surface area contributed by atoms with Gasteiger partial charge in [0.2, 0.25) is 0 Å². The number of hydrogen-bond donors (Lipinski definition) is 0. The van der Waals surface area contributed by atoms with Gasteiger partial charge < -0.3 is 4.90 Å². The van der Waals surface area contributed by atoms with Crippen molar-refractivity contribution in [1.82, 2.24) is 4.98 Å². The van der Waals surface area contributed by atoms with Crippen LogP contribution in [0.2, 0.25) is 5.02 Å². The average Bonchev–Trinajstić information content (AvgIpc) is 3.37. The molecule has 1 aliphatic heterocycles. The molecule has 0 saturated heterocycles. The van der Waals surface area contributed by atoms with Crippen LogP contribution in [0.15, 0.2) is 66.0 Å². The first-order valence-corrected chi connectivity index (χ1v) is 10.8. The van der Waals surface area contributed by atoms with Crippen LogP contribution >= 0.6 is 35.2 Å². The van der Waals surface area contributed by atoms with E-state index in [4.69, 9.17) is 28.8 Å². The zero-order valence-electron chi connectivity index (χ0n) is 15.4. The predicted octanol–water partition coefficient (Wildman–Crippen LogP) is 7.10. The highest BCUT2D eigenvalue weighted by molar-refractivity contribution is 7.81.